The zero-order valence-electron chi connectivity index (χ0n) is 20.7. The van der Waals surface area contributed by atoms with Gasteiger partial charge in [0.15, 0.2) is 0 Å². The summed E-state index contributed by atoms with van der Waals surface area (Å²) < 4.78 is 0.776. The van der Waals surface area contributed by atoms with Crippen LogP contribution in [0.4, 0.5) is 5.69 Å². The van der Waals surface area contributed by atoms with Crippen molar-refractivity contribution in [1.82, 2.24) is 9.97 Å². The molecule has 7 nitrogen and oxygen atoms in total. The average molecular weight is 622 g/mol. The summed E-state index contributed by atoms with van der Waals surface area (Å²) in [6, 6.07) is 5.51. The number of nitrogens with zero attached hydrogens (tertiary/aromatic N) is 3. The van der Waals surface area contributed by atoms with Gasteiger partial charge in [0.2, 0.25) is 0 Å². The number of rotatable bonds is 13. The number of aliphatic hydroxyl groups excluding tert-OH is 2. The van der Waals surface area contributed by atoms with Gasteiger partial charge < -0.3 is 10.2 Å². The number of halogens is 1. The fraction of sp³-hybridized carbons (Fsp3) is 0.417. The Kier molecular flexibility index (Phi) is 17.6. The maximum absolute atomic E-state index is 10.8. The van der Waals surface area contributed by atoms with Gasteiger partial charge >= 0.3 is 0 Å². The van der Waals surface area contributed by atoms with Crippen molar-refractivity contribution in [3.8, 4) is 0 Å². The molecule has 3 aromatic rings. The molecule has 3 aromatic heterocycles. The molecule has 0 radical (unpaired) electrons. The molecule has 0 bridgehead atoms. The highest BCUT2D eigenvalue weighted by Gasteiger charge is 2.15. The van der Waals surface area contributed by atoms with E-state index in [9.17, 15) is 15.2 Å². The molecule has 2 N–H and O–H groups in total. The van der Waals surface area contributed by atoms with Crippen LogP contribution in [0.2, 0.25) is 0 Å². The highest BCUT2D eigenvalue weighted by atomic mass is 35.5. The van der Waals surface area contributed by atoms with Crippen molar-refractivity contribution in [3.63, 3.8) is 0 Å². The average Bonchev–Trinajstić information content (AvgIpc) is 3.35. The molecule has 204 valence electrons. The first-order chi connectivity index (χ1) is 17.4. The second-order valence-corrected chi connectivity index (χ2v) is 12.4. The Bertz CT molecular complexity index is 1100. The van der Waals surface area contributed by atoms with E-state index in [-0.39, 0.29) is 36.2 Å². The highest BCUT2D eigenvalue weighted by molar-refractivity contribution is 8.01. The molecular formula is C24H32ClN3O4S5. The Morgan fingerprint density at radius 1 is 0.919 bits per heavy atom. The second kappa shape index (κ2) is 19.1. The molecule has 13 heteroatoms. The van der Waals surface area contributed by atoms with Crippen molar-refractivity contribution < 1.29 is 15.1 Å². The van der Waals surface area contributed by atoms with Gasteiger partial charge in [-0.2, -0.15) is 12.6 Å². The molecule has 37 heavy (non-hydrogen) atoms. The van der Waals surface area contributed by atoms with Gasteiger partial charge in [0.25, 0.3) is 5.69 Å². The molecule has 3 heterocycles. The van der Waals surface area contributed by atoms with E-state index >= 15 is 0 Å². The number of hydrogen-bond acceptors (Lipinski definition) is 11. The summed E-state index contributed by atoms with van der Waals surface area (Å²) in [5.74, 6) is 3.77. The molecule has 0 fully saturated rings. The number of thiophene rings is 1. The zero-order chi connectivity index (χ0) is 26.3. The Balaban J connectivity index is 0.000000396. The van der Waals surface area contributed by atoms with Crippen LogP contribution >= 0.6 is 71.7 Å². The molecule has 0 spiro atoms. The minimum atomic E-state index is -0.329. The quantitative estimate of drug-likeness (QED) is 0.0621. The number of nitro groups is 1. The number of aromatic nitrogens is 2. The third-order valence-electron chi connectivity index (χ3n) is 4.96. The monoisotopic (exact) mass is 621 g/mol. The lowest BCUT2D eigenvalue weighted by atomic mass is 10.2. The van der Waals surface area contributed by atoms with E-state index < -0.39 is 0 Å². The lowest BCUT2D eigenvalue weighted by Gasteiger charge is -2.08. The van der Waals surface area contributed by atoms with Crippen LogP contribution in [0.5, 0.6) is 0 Å². The molecule has 3 rings (SSSR count). The lowest BCUT2D eigenvalue weighted by Crippen LogP contribution is -1.95. The van der Waals surface area contributed by atoms with Crippen LogP contribution < -0.4 is 0 Å². The minimum Gasteiger partial charge on any atom is -0.390 e. The summed E-state index contributed by atoms with van der Waals surface area (Å²) in [7, 11) is 0. The highest BCUT2D eigenvalue weighted by Crippen LogP contribution is 2.35. The summed E-state index contributed by atoms with van der Waals surface area (Å²) in [4.78, 5) is 21.1. The van der Waals surface area contributed by atoms with Crippen LogP contribution in [0.1, 0.15) is 35.4 Å². The van der Waals surface area contributed by atoms with Crippen LogP contribution in [0.15, 0.2) is 50.0 Å². The van der Waals surface area contributed by atoms with Crippen molar-refractivity contribution in [3.05, 3.63) is 68.6 Å². The predicted octanol–water partition coefficient (Wildman–Crippen LogP) is 6.84. The van der Waals surface area contributed by atoms with E-state index in [1.54, 1.807) is 59.1 Å². The van der Waals surface area contributed by atoms with Crippen molar-refractivity contribution in [2.24, 2.45) is 0 Å². The second-order valence-electron chi connectivity index (χ2n) is 7.40. The third-order valence-corrected chi connectivity index (χ3v) is 10.1. The summed E-state index contributed by atoms with van der Waals surface area (Å²) in [6.07, 6.45) is 5.52. The number of thioether (sulfide) groups is 3. The number of pyridine rings is 2. The van der Waals surface area contributed by atoms with Crippen molar-refractivity contribution in [1.29, 1.82) is 0 Å². The van der Waals surface area contributed by atoms with E-state index in [2.05, 4.69) is 22.6 Å². The van der Waals surface area contributed by atoms with E-state index in [1.165, 1.54) is 16.2 Å². The maximum atomic E-state index is 10.8. The Morgan fingerprint density at radius 2 is 1.43 bits per heavy atom. The van der Waals surface area contributed by atoms with Gasteiger partial charge in [-0.3, -0.25) is 20.1 Å². The summed E-state index contributed by atoms with van der Waals surface area (Å²) in [6.45, 7) is 3.94. The van der Waals surface area contributed by atoms with E-state index in [0.717, 1.165) is 61.8 Å². The van der Waals surface area contributed by atoms with E-state index in [4.69, 9.17) is 5.11 Å². The van der Waals surface area contributed by atoms with Gasteiger partial charge in [0.1, 0.15) is 4.21 Å². The van der Waals surface area contributed by atoms with Gasteiger partial charge in [0, 0.05) is 28.3 Å². The molecule has 0 atom stereocenters. The van der Waals surface area contributed by atoms with Crippen molar-refractivity contribution in [2.45, 2.75) is 53.9 Å². The number of aliphatic hydroxyl groups is 2. The molecule has 0 aliphatic carbocycles. The Morgan fingerprint density at radius 3 is 1.92 bits per heavy atom. The fourth-order valence-electron chi connectivity index (χ4n) is 2.93. The normalized spacial score (nSPS) is 10.4. The topological polar surface area (TPSA) is 109 Å². The van der Waals surface area contributed by atoms with Crippen LogP contribution in [0, 0.1) is 24.0 Å². The Labute approximate surface area is 246 Å². The third kappa shape index (κ3) is 11.3. The fourth-order valence-corrected chi connectivity index (χ4v) is 7.53. The molecule has 0 unspecified atom stereocenters. The van der Waals surface area contributed by atoms with Gasteiger partial charge in [0.05, 0.1) is 29.5 Å². The number of hydrogen-bond donors (Lipinski definition) is 3. The summed E-state index contributed by atoms with van der Waals surface area (Å²) in [5.41, 5.74) is 3.82. The predicted molar refractivity (Wildman–Crippen MR) is 163 cm³/mol. The molecule has 0 saturated heterocycles. The van der Waals surface area contributed by atoms with Crippen molar-refractivity contribution >= 4 is 77.3 Å². The van der Waals surface area contributed by atoms with Crippen LogP contribution in [-0.2, 0) is 13.2 Å². The number of thiol groups is 1. The molecule has 0 saturated carbocycles. The van der Waals surface area contributed by atoms with Crippen LogP contribution in [0.25, 0.3) is 0 Å². The van der Waals surface area contributed by atoms with Gasteiger partial charge in [-0.05, 0) is 78.3 Å². The van der Waals surface area contributed by atoms with Gasteiger partial charge in [-0.15, -0.1) is 59.0 Å². The van der Waals surface area contributed by atoms with Crippen LogP contribution in [-0.4, -0.2) is 48.1 Å². The zero-order valence-corrected chi connectivity index (χ0v) is 25.6. The smallest absolute Gasteiger partial charge is 0.293 e. The molecule has 0 aromatic carbocycles. The molecule has 0 aliphatic rings. The molecular weight excluding hydrogens is 590 g/mol. The first-order valence-corrected chi connectivity index (χ1v) is 15.7. The Hall–Kier alpha value is -0.990. The largest absolute Gasteiger partial charge is 0.390 e. The molecule has 0 aliphatic heterocycles. The first-order valence-electron chi connectivity index (χ1n) is 11.2. The SMILES string of the molecule is Cc1c(SCCCS)ccnc1CO.Cc1c(SCCCSc2sccc2[N+](=O)[O-])ccnc1CO.Cl. The summed E-state index contributed by atoms with van der Waals surface area (Å²) in [5, 5.41) is 30.8. The van der Waals surface area contributed by atoms with E-state index in [0.29, 0.717) is 5.69 Å². The van der Waals surface area contributed by atoms with Crippen molar-refractivity contribution in [2.75, 3.05) is 23.0 Å². The van der Waals surface area contributed by atoms with Gasteiger partial charge in [-0.25, -0.2) is 0 Å². The maximum Gasteiger partial charge on any atom is 0.293 e. The molecule has 0 amide bonds. The minimum absolute atomic E-state index is 0. The van der Waals surface area contributed by atoms with E-state index in [1.807, 2.05) is 26.0 Å². The standard InChI is InChI=1S/C14H16N2O3S3.C10H15NOS2.ClH/c1-10-11(9-17)15-5-3-13(10)20-6-2-7-21-14-12(16(18)19)4-8-22-14;1-8-9(7-12)11-4-3-10(8)14-6-2-5-13;/h3-5,8,17H,2,6-7,9H2,1H3;3-4,12-13H,2,5-7H2,1H3;1H. The first kappa shape index (κ1) is 34.0. The van der Waals surface area contributed by atoms with Crippen LogP contribution in [0.3, 0.4) is 0 Å². The lowest BCUT2D eigenvalue weighted by molar-refractivity contribution is -0.387. The summed E-state index contributed by atoms with van der Waals surface area (Å²) >= 11 is 10.7. The van der Waals surface area contributed by atoms with Gasteiger partial charge in [-0.1, -0.05) is 0 Å².